The van der Waals surface area contributed by atoms with Crippen molar-refractivity contribution in [3.63, 3.8) is 0 Å². The normalized spacial score (nSPS) is 10.3. The molecule has 4 heteroatoms. The van der Waals surface area contributed by atoms with Gasteiger partial charge in [0, 0.05) is 4.88 Å². The molecular weight excluding hydrogens is 244 g/mol. The maximum Gasteiger partial charge on any atom is 0.121 e. The van der Waals surface area contributed by atoms with Gasteiger partial charge in [0.15, 0.2) is 0 Å². The van der Waals surface area contributed by atoms with Crippen molar-refractivity contribution in [3.8, 4) is 16.2 Å². The Labute approximate surface area is 101 Å². The van der Waals surface area contributed by atoms with Crippen molar-refractivity contribution in [3.05, 3.63) is 33.7 Å². The zero-order chi connectivity index (χ0) is 10.8. The summed E-state index contributed by atoms with van der Waals surface area (Å²) in [5, 5.41) is 0. The lowest BCUT2D eigenvalue weighted by atomic mass is 10.1. The van der Waals surface area contributed by atoms with Crippen LogP contribution in [0.1, 0.15) is 5.56 Å². The van der Waals surface area contributed by atoms with Gasteiger partial charge in [-0.2, -0.15) is 0 Å². The van der Waals surface area contributed by atoms with E-state index in [0.29, 0.717) is 0 Å². The van der Waals surface area contributed by atoms with E-state index in [-0.39, 0.29) is 0 Å². The van der Waals surface area contributed by atoms with Crippen LogP contribution in [0.4, 0.5) is 0 Å². The van der Waals surface area contributed by atoms with Crippen molar-refractivity contribution >= 4 is 32.9 Å². The minimum atomic E-state index is 0.928. The first-order chi connectivity index (χ1) is 7.20. The van der Waals surface area contributed by atoms with Crippen molar-refractivity contribution in [2.75, 3.05) is 7.11 Å². The lowest BCUT2D eigenvalue weighted by Gasteiger charge is -2.05. The first-order valence-electron chi connectivity index (χ1n) is 4.46. The van der Waals surface area contributed by atoms with Gasteiger partial charge in [0.1, 0.15) is 9.57 Å². The molecule has 0 aliphatic heterocycles. The van der Waals surface area contributed by atoms with Gasteiger partial charge in [0.05, 0.1) is 7.11 Å². The van der Waals surface area contributed by atoms with Gasteiger partial charge in [0.25, 0.3) is 0 Å². The smallest absolute Gasteiger partial charge is 0.121 e. The fourth-order valence-corrected chi connectivity index (χ4v) is 3.80. The minimum absolute atomic E-state index is 0.928. The van der Waals surface area contributed by atoms with Crippen molar-refractivity contribution in [1.29, 1.82) is 0 Å². The van der Waals surface area contributed by atoms with E-state index in [2.05, 4.69) is 12.1 Å². The highest BCUT2D eigenvalue weighted by Crippen LogP contribution is 2.32. The summed E-state index contributed by atoms with van der Waals surface area (Å²) in [6.45, 7) is 2.05. The highest BCUT2D eigenvalue weighted by atomic mass is 32.9. The molecule has 15 heavy (non-hydrogen) atoms. The fraction of sp³-hybridized carbons (Fsp3) is 0.182. The molecule has 1 aromatic heterocycles. The Morgan fingerprint density at radius 1 is 1.20 bits per heavy atom. The van der Waals surface area contributed by atoms with Crippen molar-refractivity contribution < 1.29 is 4.74 Å². The summed E-state index contributed by atoms with van der Waals surface area (Å²) in [5.41, 5.74) is 2.37. The average molecular weight is 254 g/mol. The molecule has 0 spiro atoms. The van der Waals surface area contributed by atoms with Gasteiger partial charge in [-0.05, 0) is 42.3 Å². The van der Waals surface area contributed by atoms with Crippen LogP contribution in [0.3, 0.4) is 0 Å². The van der Waals surface area contributed by atoms with Crippen LogP contribution >= 0.6 is 32.9 Å². The van der Waals surface area contributed by atoms with Gasteiger partial charge in [-0.3, -0.25) is 0 Å². The van der Waals surface area contributed by atoms with Crippen LogP contribution in [-0.4, -0.2) is 7.11 Å². The monoisotopic (exact) mass is 254 g/mol. The third kappa shape index (κ3) is 2.27. The second-order valence-corrected chi connectivity index (χ2v) is 6.09. The summed E-state index contributed by atoms with van der Waals surface area (Å²) in [4.78, 5) is 1.23. The Balaban J connectivity index is 2.46. The van der Waals surface area contributed by atoms with Gasteiger partial charge in [-0.1, -0.05) is 32.9 Å². The molecule has 0 atom stereocenters. The van der Waals surface area contributed by atoms with E-state index in [4.69, 9.17) is 17.0 Å². The van der Waals surface area contributed by atoms with Crippen molar-refractivity contribution in [2.24, 2.45) is 0 Å². The molecule has 0 unspecified atom stereocenters. The summed E-state index contributed by atoms with van der Waals surface area (Å²) in [7, 11) is 5.05. The molecule has 0 aliphatic rings. The summed E-state index contributed by atoms with van der Waals surface area (Å²) in [6, 6.07) is 8.25. The standard InChI is InChI=1S/C11H10OS3/c1-7-5-8(3-4-9(7)12-2)10-6-11(13)15-14-10/h3-6H,1-2H3. The lowest BCUT2D eigenvalue weighted by molar-refractivity contribution is 0.412. The number of ether oxygens (including phenoxy) is 1. The summed E-state index contributed by atoms with van der Waals surface area (Å²) < 4.78 is 6.17. The Morgan fingerprint density at radius 2 is 2.00 bits per heavy atom. The molecule has 0 saturated carbocycles. The quantitative estimate of drug-likeness (QED) is 0.575. The molecule has 0 radical (unpaired) electrons. The predicted molar refractivity (Wildman–Crippen MR) is 69.8 cm³/mol. The van der Waals surface area contributed by atoms with Crippen LogP contribution in [0.25, 0.3) is 10.4 Å². The molecule has 78 valence electrons. The minimum Gasteiger partial charge on any atom is -0.496 e. The molecule has 0 saturated heterocycles. The van der Waals surface area contributed by atoms with Crippen LogP contribution < -0.4 is 4.74 Å². The van der Waals surface area contributed by atoms with E-state index in [9.17, 15) is 0 Å². The van der Waals surface area contributed by atoms with Gasteiger partial charge < -0.3 is 4.74 Å². The largest absolute Gasteiger partial charge is 0.496 e. The fourth-order valence-electron chi connectivity index (χ4n) is 1.40. The number of hydrogen-bond donors (Lipinski definition) is 0. The van der Waals surface area contributed by atoms with Gasteiger partial charge in [0.2, 0.25) is 0 Å². The first kappa shape index (κ1) is 10.8. The number of benzene rings is 1. The van der Waals surface area contributed by atoms with E-state index in [1.807, 2.05) is 19.1 Å². The second kappa shape index (κ2) is 4.43. The average Bonchev–Trinajstić information content (AvgIpc) is 2.65. The summed E-state index contributed by atoms with van der Waals surface area (Å²) in [6.07, 6.45) is 0. The molecule has 2 rings (SSSR count). The summed E-state index contributed by atoms with van der Waals surface area (Å²) >= 11 is 5.12. The number of rotatable bonds is 2. The van der Waals surface area contributed by atoms with Crippen molar-refractivity contribution in [1.82, 2.24) is 0 Å². The van der Waals surface area contributed by atoms with E-state index < -0.39 is 0 Å². The Bertz CT molecular complexity index is 525. The first-order valence-corrected chi connectivity index (χ1v) is 7.01. The van der Waals surface area contributed by atoms with Crippen LogP contribution in [-0.2, 0) is 0 Å². The molecule has 0 amide bonds. The molecular formula is C11H10OS3. The molecule has 1 heterocycles. The number of aryl methyl sites for hydroxylation is 1. The maximum atomic E-state index is 5.23. The predicted octanol–water partition coefficient (Wildman–Crippen LogP) is 4.52. The molecule has 1 aromatic carbocycles. The topological polar surface area (TPSA) is 9.23 Å². The Hall–Kier alpha value is -0.710. The number of methoxy groups -OCH3 is 1. The van der Waals surface area contributed by atoms with E-state index in [1.165, 1.54) is 10.4 Å². The molecule has 0 aliphatic carbocycles. The lowest BCUT2D eigenvalue weighted by Crippen LogP contribution is -1.86. The summed E-state index contributed by atoms with van der Waals surface area (Å²) in [5.74, 6) is 0.928. The van der Waals surface area contributed by atoms with Gasteiger partial charge in [-0.25, -0.2) is 0 Å². The third-order valence-corrected chi connectivity index (χ3v) is 5.05. The third-order valence-electron chi connectivity index (χ3n) is 2.14. The molecule has 2 aromatic rings. The zero-order valence-electron chi connectivity index (χ0n) is 8.44. The number of hydrogen-bond acceptors (Lipinski definition) is 4. The van der Waals surface area contributed by atoms with Crippen LogP contribution in [0, 0.1) is 10.7 Å². The van der Waals surface area contributed by atoms with Crippen molar-refractivity contribution in [2.45, 2.75) is 6.92 Å². The van der Waals surface area contributed by atoms with Crippen LogP contribution in [0.5, 0.6) is 5.75 Å². The van der Waals surface area contributed by atoms with Gasteiger partial charge >= 0.3 is 0 Å². The van der Waals surface area contributed by atoms with E-state index >= 15 is 0 Å². The van der Waals surface area contributed by atoms with Crippen LogP contribution in [0.15, 0.2) is 24.3 Å². The SMILES string of the molecule is COc1ccc(-c2cc(=S)ss2)cc1C. The maximum absolute atomic E-state index is 5.23. The van der Waals surface area contributed by atoms with E-state index in [0.717, 1.165) is 15.1 Å². The molecule has 0 N–H and O–H groups in total. The Morgan fingerprint density at radius 3 is 2.53 bits per heavy atom. The highest BCUT2D eigenvalue weighted by molar-refractivity contribution is 7.80. The van der Waals surface area contributed by atoms with Crippen LogP contribution in [0.2, 0.25) is 0 Å². The van der Waals surface area contributed by atoms with E-state index in [1.54, 1.807) is 27.8 Å². The molecule has 0 bridgehead atoms. The zero-order valence-corrected chi connectivity index (χ0v) is 10.9. The van der Waals surface area contributed by atoms with Gasteiger partial charge in [-0.15, -0.1) is 0 Å². The molecule has 1 nitrogen and oxygen atoms in total. The second-order valence-electron chi connectivity index (χ2n) is 3.18. The Kier molecular flexibility index (Phi) is 3.19. The molecule has 0 fully saturated rings. The highest BCUT2D eigenvalue weighted by Gasteiger charge is 2.03.